The molecule has 3 aromatic rings. The van der Waals surface area contributed by atoms with Crippen molar-refractivity contribution in [3.8, 4) is 11.3 Å². The number of hydrogen-bond donors (Lipinski definition) is 4. The molecule has 1 amide bonds. The Morgan fingerprint density at radius 3 is 2.70 bits per heavy atom. The van der Waals surface area contributed by atoms with Gasteiger partial charge in [0.25, 0.3) is 5.91 Å². The van der Waals surface area contributed by atoms with Crippen LogP contribution >= 0.6 is 0 Å². The maximum atomic E-state index is 12.1. The second kappa shape index (κ2) is 6.06. The van der Waals surface area contributed by atoms with Crippen LogP contribution in [0.2, 0.25) is 0 Å². The Hall–Kier alpha value is -2.93. The number of aromatic nitrogens is 3. The normalized spacial score (nSPS) is 16.5. The standard InChI is InChI=1S/C20H23N5O2/c1-10-18(25-20(2,3)4)24-16-11(6-5-7-13(16)21-10)14-8-12-17(22-14)15(9-26)23-19(12)27/h5-8,15,22,26H,9H2,1-4H3,(H,23,27)(H,24,25)/t15-/m0/s1. The van der Waals surface area contributed by atoms with E-state index in [4.69, 9.17) is 9.97 Å². The van der Waals surface area contributed by atoms with Crippen LogP contribution in [0.3, 0.4) is 0 Å². The Morgan fingerprint density at radius 2 is 2.00 bits per heavy atom. The van der Waals surface area contributed by atoms with Crippen molar-refractivity contribution in [3.63, 3.8) is 0 Å². The van der Waals surface area contributed by atoms with Crippen LogP contribution in [0.15, 0.2) is 24.3 Å². The smallest absolute Gasteiger partial charge is 0.253 e. The summed E-state index contributed by atoms with van der Waals surface area (Å²) in [7, 11) is 0. The van der Waals surface area contributed by atoms with Crippen molar-refractivity contribution < 1.29 is 9.90 Å². The number of rotatable bonds is 3. The first kappa shape index (κ1) is 17.5. The first-order valence-electron chi connectivity index (χ1n) is 8.97. The van der Waals surface area contributed by atoms with E-state index in [1.807, 2.05) is 31.2 Å². The maximum absolute atomic E-state index is 12.1. The predicted molar refractivity (Wildman–Crippen MR) is 105 cm³/mol. The average molecular weight is 365 g/mol. The lowest BCUT2D eigenvalue weighted by Crippen LogP contribution is -2.27. The summed E-state index contributed by atoms with van der Waals surface area (Å²) in [4.78, 5) is 24.9. The molecule has 140 valence electrons. The number of aliphatic hydroxyl groups excluding tert-OH is 1. The number of carbonyl (C=O) groups is 1. The Kier molecular flexibility index (Phi) is 3.92. The highest BCUT2D eigenvalue weighted by atomic mass is 16.3. The molecule has 0 spiro atoms. The maximum Gasteiger partial charge on any atom is 0.253 e. The monoisotopic (exact) mass is 365 g/mol. The topological polar surface area (TPSA) is 103 Å². The van der Waals surface area contributed by atoms with E-state index < -0.39 is 6.04 Å². The van der Waals surface area contributed by atoms with Gasteiger partial charge in [0, 0.05) is 16.8 Å². The third-order valence-electron chi connectivity index (χ3n) is 4.58. The van der Waals surface area contributed by atoms with Gasteiger partial charge in [0.1, 0.15) is 11.3 Å². The molecule has 1 atom stereocenters. The summed E-state index contributed by atoms with van der Waals surface area (Å²) in [6.45, 7) is 8.02. The average Bonchev–Trinajstić information content (AvgIpc) is 3.14. The molecular formula is C20H23N5O2. The molecule has 0 saturated carbocycles. The van der Waals surface area contributed by atoms with E-state index in [1.165, 1.54) is 0 Å². The van der Waals surface area contributed by atoms with Crippen LogP contribution in [0, 0.1) is 6.92 Å². The fourth-order valence-electron chi connectivity index (χ4n) is 3.38. The molecule has 4 rings (SSSR count). The minimum absolute atomic E-state index is 0.137. The quantitative estimate of drug-likeness (QED) is 0.571. The molecule has 1 aliphatic heterocycles. The van der Waals surface area contributed by atoms with E-state index in [-0.39, 0.29) is 18.1 Å². The van der Waals surface area contributed by atoms with Crippen LogP contribution in [0.4, 0.5) is 5.82 Å². The first-order valence-corrected chi connectivity index (χ1v) is 8.97. The van der Waals surface area contributed by atoms with E-state index in [1.54, 1.807) is 0 Å². The fraction of sp³-hybridized carbons (Fsp3) is 0.350. The molecule has 0 bridgehead atoms. The zero-order valence-corrected chi connectivity index (χ0v) is 15.8. The van der Waals surface area contributed by atoms with Gasteiger partial charge < -0.3 is 20.7 Å². The van der Waals surface area contributed by atoms with Crippen molar-refractivity contribution in [2.24, 2.45) is 0 Å². The number of aromatic amines is 1. The Morgan fingerprint density at radius 1 is 1.22 bits per heavy atom. The number of amides is 1. The number of aryl methyl sites for hydroxylation is 1. The van der Waals surface area contributed by atoms with Gasteiger partial charge >= 0.3 is 0 Å². The summed E-state index contributed by atoms with van der Waals surface area (Å²) in [5.74, 6) is 0.566. The van der Waals surface area contributed by atoms with Gasteiger partial charge in [-0.1, -0.05) is 12.1 Å². The summed E-state index contributed by atoms with van der Waals surface area (Å²) in [5.41, 5.74) is 5.19. The first-order chi connectivity index (χ1) is 12.8. The number of benzene rings is 1. The highest BCUT2D eigenvalue weighted by Gasteiger charge is 2.31. The molecule has 27 heavy (non-hydrogen) atoms. The Balaban J connectivity index is 1.87. The third-order valence-corrected chi connectivity index (χ3v) is 4.58. The Labute approximate surface area is 157 Å². The number of aliphatic hydroxyl groups is 1. The van der Waals surface area contributed by atoms with Crippen molar-refractivity contribution >= 4 is 22.8 Å². The number of anilines is 1. The van der Waals surface area contributed by atoms with Gasteiger partial charge in [-0.25, -0.2) is 9.97 Å². The predicted octanol–water partition coefficient (Wildman–Crippen LogP) is 2.92. The lowest BCUT2D eigenvalue weighted by Gasteiger charge is -2.22. The number of nitrogens with zero attached hydrogens (tertiary/aromatic N) is 2. The van der Waals surface area contributed by atoms with Gasteiger partial charge in [0.2, 0.25) is 0 Å². The highest BCUT2D eigenvalue weighted by Crippen LogP contribution is 2.33. The number of hydrogen-bond acceptors (Lipinski definition) is 5. The molecule has 2 aromatic heterocycles. The minimum atomic E-state index is -0.400. The van der Waals surface area contributed by atoms with Gasteiger partial charge in [0.15, 0.2) is 0 Å². The summed E-state index contributed by atoms with van der Waals surface area (Å²) in [6.07, 6.45) is 0. The van der Waals surface area contributed by atoms with E-state index in [0.29, 0.717) is 11.3 Å². The van der Waals surface area contributed by atoms with Crippen molar-refractivity contribution in [2.45, 2.75) is 39.3 Å². The van der Waals surface area contributed by atoms with E-state index in [2.05, 4.69) is 36.4 Å². The van der Waals surface area contributed by atoms with Crippen LogP contribution in [-0.4, -0.2) is 38.1 Å². The van der Waals surface area contributed by atoms with Crippen molar-refractivity contribution in [1.29, 1.82) is 0 Å². The second-order valence-corrected chi connectivity index (χ2v) is 7.92. The number of fused-ring (bicyclic) bond motifs is 2. The molecule has 3 heterocycles. The summed E-state index contributed by atoms with van der Waals surface area (Å²) < 4.78 is 0. The van der Waals surface area contributed by atoms with Crippen LogP contribution in [-0.2, 0) is 0 Å². The lowest BCUT2D eigenvalue weighted by molar-refractivity contribution is 0.0942. The summed E-state index contributed by atoms with van der Waals surface area (Å²) in [5, 5.41) is 15.6. The number of nitrogens with one attached hydrogen (secondary N) is 3. The zero-order valence-electron chi connectivity index (χ0n) is 15.8. The molecule has 0 unspecified atom stereocenters. The molecule has 0 radical (unpaired) electrons. The lowest BCUT2D eigenvalue weighted by atomic mass is 10.1. The van der Waals surface area contributed by atoms with Crippen LogP contribution < -0.4 is 10.6 Å². The van der Waals surface area contributed by atoms with Crippen molar-refractivity contribution in [3.05, 3.63) is 41.2 Å². The van der Waals surface area contributed by atoms with Gasteiger partial charge in [0.05, 0.1) is 35.1 Å². The molecule has 0 saturated heterocycles. The van der Waals surface area contributed by atoms with Crippen molar-refractivity contribution in [2.75, 3.05) is 11.9 Å². The number of para-hydroxylation sites is 1. The SMILES string of the molecule is Cc1nc2cccc(-c3cc4c([nH]3)[C@H](CO)NC4=O)c2nc1NC(C)(C)C. The van der Waals surface area contributed by atoms with Crippen molar-refractivity contribution in [1.82, 2.24) is 20.3 Å². The van der Waals surface area contributed by atoms with Crippen LogP contribution in [0.5, 0.6) is 0 Å². The zero-order chi connectivity index (χ0) is 19.3. The van der Waals surface area contributed by atoms with Gasteiger partial charge in [-0.2, -0.15) is 0 Å². The number of carbonyl (C=O) groups excluding carboxylic acids is 1. The number of H-pyrrole nitrogens is 1. The molecule has 0 fully saturated rings. The fourth-order valence-corrected chi connectivity index (χ4v) is 3.38. The van der Waals surface area contributed by atoms with Crippen LogP contribution in [0.25, 0.3) is 22.3 Å². The molecular weight excluding hydrogens is 342 g/mol. The molecule has 7 heteroatoms. The minimum Gasteiger partial charge on any atom is -0.394 e. The van der Waals surface area contributed by atoms with Crippen LogP contribution in [0.1, 0.15) is 48.6 Å². The van der Waals surface area contributed by atoms with Gasteiger partial charge in [-0.3, -0.25) is 4.79 Å². The summed E-state index contributed by atoms with van der Waals surface area (Å²) in [6, 6.07) is 7.23. The second-order valence-electron chi connectivity index (χ2n) is 7.92. The largest absolute Gasteiger partial charge is 0.394 e. The highest BCUT2D eigenvalue weighted by molar-refractivity contribution is 6.01. The van der Waals surface area contributed by atoms with Gasteiger partial charge in [-0.05, 0) is 39.8 Å². The summed E-state index contributed by atoms with van der Waals surface area (Å²) >= 11 is 0. The molecule has 7 nitrogen and oxygen atoms in total. The van der Waals surface area contributed by atoms with Gasteiger partial charge in [-0.15, -0.1) is 0 Å². The third kappa shape index (κ3) is 3.04. The molecule has 1 aliphatic rings. The molecule has 0 aliphatic carbocycles. The molecule has 1 aromatic carbocycles. The van der Waals surface area contributed by atoms with E-state index in [0.717, 1.165) is 33.8 Å². The van der Waals surface area contributed by atoms with E-state index >= 15 is 0 Å². The molecule has 4 N–H and O–H groups in total. The Bertz CT molecular complexity index is 1050. The van der Waals surface area contributed by atoms with E-state index in [9.17, 15) is 9.90 Å².